The molecule has 1 aromatic carbocycles. The number of carbonyl (C=O) groups excluding carboxylic acids is 3. The van der Waals surface area contributed by atoms with E-state index in [4.69, 9.17) is 4.74 Å². The van der Waals surface area contributed by atoms with Crippen molar-refractivity contribution < 1.29 is 19.1 Å². The van der Waals surface area contributed by atoms with E-state index in [0.717, 1.165) is 41.5 Å². The highest BCUT2D eigenvalue weighted by Crippen LogP contribution is 2.40. The Morgan fingerprint density at radius 2 is 2.07 bits per heavy atom. The van der Waals surface area contributed by atoms with Crippen molar-refractivity contribution in [2.45, 2.75) is 19.8 Å². The van der Waals surface area contributed by atoms with Crippen LogP contribution in [0.1, 0.15) is 30.3 Å². The third-order valence-corrected chi connectivity index (χ3v) is 5.45. The van der Waals surface area contributed by atoms with E-state index >= 15 is 0 Å². The Labute approximate surface area is 168 Å². The number of nitrogens with zero attached hydrogens (tertiary/aromatic N) is 1. The van der Waals surface area contributed by atoms with Crippen molar-refractivity contribution in [3.63, 3.8) is 0 Å². The molecule has 7 heteroatoms. The third kappa shape index (κ3) is 3.44. The van der Waals surface area contributed by atoms with Crippen LogP contribution in [-0.4, -0.2) is 47.7 Å². The number of aromatic amines is 2. The largest absolute Gasteiger partial charge is 0.466 e. The minimum absolute atomic E-state index is 0.189. The molecule has 1 aliphatic heterocycles. The van der Waals surface area contributed by atoms with Crippen molar-refractivity contribution >= 4 is 34.6 Å². The topological polar surface area (TPSA) is 95.3 Å². The summed E-state index contributed by atoms with van der Waals surface area (Å²) >= 11 is 0. The van der Waals surface area contributed by atoms with Crippen molar-refractivity contribution in [3.8, 4) is 11.1 Å². The Morgan fingerprint density at radius 1 is 1.24 bits per heavy atom. The van der Waals surface area contributed by atoms with E-state index in [-0.39, 0.29) is 17.6 Å². The van der Waals surface area contributed by atoms with Crippen molar-refractivity contribution in [2.75, 3.05) is 24.6 Å². The van der Waals surface area contributed by atoms with Crippen LogP contribution in [0.15, 0.2) is 36.7 Å². The van der Waals surface area contributed by atoms with Crippen LogP contribution in [0.4, 0.5) is 5.69 Å². The molecule has 3 heterocycles. The van der Waals surface area contributed by atoms with Crippen LogP contribution in [0.5, 0.6) is 0 Å². The molecule has 0 aliphatic carbocycles. The van der Waals surface area contributed by atoms with Gasteiger partial charge in [-0.1, -0.05) is 18.2 Å². The average molecular weight is 393 g/mol. The maximum atomic E-state index is 12.3. The molecule has 0 amide bonds. The number of esters is 1. The Bertz CT molecular complexity index is 1070. The predicted octanol–water partition coefficient (Wildman–Crippen LogP) is 3.32. The van der Waals surface area contributed by atoms with Gasteiger partial charge in [0.05, 0.1) is 23.9 Å². The molecule has 1 aliphatic rings. The number of nitrogens with one attached hydrogen (secondary N) is 2. The fourth-order valence-electron chi connectivity index (χ4n) is 4.12. The third-order valence-electron chi connectivity index (χ3n) is 5.45. The number of benzene rings is 1. The summed E-state index contributed by atoms with van der Waals surface area (Å²) in [6.07, 6.45) is 5.56. The van der Waals surface area contributed by atoms with Gasteiger partial charge in [0, 0.05) is 47.5 Å². The number of aromatic nitrogens is 2. The van der Waals surface area contributed by atoms with Gasteiger partial charge in [0.2, 0.25) is 5.78 Å². The molecule has 2 aromatic heterocycles. The zero-order chi connectivity index (χ0) is 20.4. The van der Waals surface area contributed by atoms with Crippen LogP contribution in [0.25, 0.3) is 22.0 Å². The number of aldehydes is 1. The number of hydrogen-bond donors (Lipinski definition) is 2. The van der Waals surface area contributed by atoms with Gasteiger partial charge in [0.25, 0.3) is 0 Å². The van der Waals surface area contributed by atoms with E-state index in [1.165, 1.54) is 0 Å². The maximum absolute atomic E-state index is 12.3. The zero-order valence-electron chi connectivity index (χ0n) is 16.2. The number of piperidine rings is 1. The van der Waals surface area contributed by atoms with E-state index in [0.29, 0.717) is 25.0 Å². The molecular weight excluding hydrogens is 370 g/mol. The minimum atomic E-state index is -0.601. The molecule has 29 heavy (non-hydrogen) atoms. The molecule has 4 rings (SSSR count). The first-order chi connectivity index (χ1) is 14.1. The van der Waals surface area contributed by atoms with Gasteiger partial charge in [0.1, 0.15) is 0 Å². The lowest BCUT2D eigenvalue weighted by Gasteiger charge is -2.33. The molecule has 0 saturated carbocycles. The summed E-state index contributed by atoms with van der Waals surface area (Å²) in [7, 11) is 0. The summed E-state index contributed by atoms with van der Waals surface area (Å²) < 4.78 is 5.21. The molecule has 2 N–H and O–H groups in total. The number of H-pyrrole nitrogens is 2. The van der Waals surface area contributed by atoms with Crippen LogP contribution in [0.3, 0.4) is 0 Å². The van der Waals surface area contributed by atoms with Crippen LogP contribution < -0.4 is 4.90 Å². The Balaban J connectivity index is 1.78. The number of anilines is 1. The van der Waals surface area contributed by atoms with E-state index in [9.17, 15) is 14.4 Å². The summed E-state index contributed by atoms with van der Waals surface area (Å²) in [5, 5.41) is 0.965. The molecule has 150 valence electrons. The molecule has 0 bridgehead atoms. The molecule has 1 unspecified atom stereocenters. The van der Waals surface area contributed by atoms with Crippen molar-refractivity contribution in [1.82, 2.24) is 9.97 Å². The molecular formula is C22H23N3O4. The highest BCUT2D eigenvalue weighted by atomic mass is 16.5. The molecule has 1 atom stereocenters. The summed E-state index contributed by atoms with van der Waals surface area (Å²) in [5.74, 6) is -0.999. The monoisotopic (exact) mass is 393 g/mol. The summed E-state index contributed by atoms with van der Waals surface area (Å²) in [6.45, 7) is 3.44. The van der Waals surface area contributed by atoms with Crippen LogP contribution in [0, 0.1) is 5.92 Å². The maximum Gasteiger partial charge on any atom is 0.310 e. The van der Waals surface area contributed by atoms with E-state index < -0.39 is 5.78 Å². The van der Waals surface area contributed by atoms with Gasteiger partial charge < -0.3 is 19.6 Å². The minimum Gasteiger partial charge on any atom is -0.466 e. The van der Waals surface area contributed by atoms with Crippen LogP contribution in [-0.2, 0) is 14.3 Å². The van der Waals surface area contributed by atoms with E-state index in [1.54, 1.807) is 13.1 Å². The Hall–Kier alpha value is -3.35. The Kier molecular flexibility index (Phi) is 5.20. The second-order valence-corrected chi connectivity index (χ2v) is 7.19. The van der Waals surface area contributed by atoms with Crippen molar-refractivity contribution in [3.05, 3.63) is 42.4 Å². The normalized spacial score (nSPS) is 16.7. The quantitative estimate of drug-likeness (QED) is 0.290. The lowest BCUT2D eigenvalue weighted by molar-refractivity contribution is -0.148. The van der Waals surface area contributed by atoms with Crippen molar-refractivity contribution in [2.24, 2.45) is 5.92 Å². The molecule has 7 nitrogen and oxygen atoms in total. The summed E-state index contributed by atoms with van der Waals surface area (Å²) in [6, 6.07) is 7.81. The summed E-state index contributed by atoms with van der Waals surface area (Å²) in [5.41, 5.74) is 3.55. The van der Waals surface area contributed by atoms with Gasteiger partial charge in [-0.15, -0.1) is 0 Å². The lowest BCUT2D eigenvalue weighted by Crippen LogP contribution is -2.39. The smallest absolute Gasteiger partial charge is 0.310 e. The number of carbonyl (C=O) groups is 3. The number of ether oxygens (including phenoxy) is 1. The fraction of sp³-hybridized carbons (Fsp3) is 0.318. The first-order valence-electron chi connectivity index (χ1n) is 9.83. The molecule has 1 fully saturated rings. The second kappa shape index (κ2) is 7.95. The van der Waals surface area contributed by atoms with Crippen molar-refractivity contribution in [1.29, 1.82) is 0 Å². The van der Waals surface area contributed by atoms with Gasteiger partial charge in [-0.3, -0.25) is 14.4 Å². The zero-order valence-corrected chi connectivity index (χ0v) is 16.2. The highest BCUT2D eigenvalue weighted by molar-refractivity contribution is 6.35. The predicted molar refractivity (Wildman–Crippen MR) is 110 cm³/mol. The molecule has 0 spiro atoms. The number of para-hydroxylation sites is 1. The number of rotatable bonds is 6. The number of hydrogen-bond acceptors (Lipinski definition) is 5. The number of fused-ring (bicyclic) bond motifs is 1. The fourth-order valence-corrected chi connectivity index (χ4v) is 4.12. The summed E-state index contributed by atoms with van der Waals surface area (Å²) in [4.78, 5) is 44.1. The second-order valence-electron chi connectivity index (χ2n) is 7.19. The molecule has 3 aromatic rings. The van der Waals surface area contributed by atoms with E-state index in [2.05, 4.69) is 14.9 Å². The van der Waals surface area contributed by atoms with Gasteiger partial charge >= 0.3 is 5.97 Å². The molecule has 0 radical (unpaired) electrons. The SMILES string of the molecule is CCOC(=O)C1CCCN(c2c[nH]c(C(=O)C=O)c2-c2c[nH]c3ccccc23)C1. The lowest BCUT2D eigenvalue weighted by atomic mass is 9.96. The van der Waals surface area contributed by atoms with Crippen LogP contribution >= 0.6 is 0 Å². The van der Waals surface area contributed by atoms with E-state index in [1.807, 2.05) is 30.5 Å². The van der Waals surface area contributed by atoms with Gasteiger partial charge in [-0.25, -0.2) is 0 Å². The highest BCUT2D eigenvalue weighted by Gasteiger charge is 2.30. The number of Topliss-reactive ketones (excluding diaryl/α,β-unsaturated/α-hetero) is 1. The van der Waals surface area contributed by atoms with Gasteiger partial charge in [0.15, 0.2) is 6.29 Å². The van der Waals surface area contributed by atoms with Gasteiger partial charge in [-0.05, 0) is 25.8 Å². The Morgan fingerprint density at radius 3 is 2.86 bits per heavy atom. The number of ketones is 1. The first-order valence-corrected chi connectivity index (χ1v) is 9.83. The average Bonchev–Trinajstić information content (AvgIpc) is 3.37. The standard InChI is InChI=1S/C22H23N3O4/c1-2-29-22(28)14-6-5-9-25(12-14)18-11-24-21(19(27)13-26)20(18)16-10-23-17-8-4-3-7-15(16)17/h3-4,7-8,10-11,13-14,23-24H,2,5-6,9,12H2,1H3. The molecule has 1 saturated heterocycles. The van der Waals surface area contributed by atoms with Gasteiger partial charge in [-0.2, -0.15) is 0 Å². The first kappa shape index (κ1) is 19.0. The van der Waals surface area contributed by atoms with Crippen LogP contribution in [0.2, 0.25) is 0 Å².